The summed E-state index contributed by atoms with van der Waals surface area (Å²) >= 11 is 6.22. The highest BCUT2D eigenvalue weighted by molar-refractivity contribution is 6.20. The molecular weight excluding hydrogens is 468 g/mol. The Hall–Kier alpha value is -2.69. The van der Waals surface area contributed by atoms with E-state index >= 15 is 0 Å². The number of piperazine rings is 1. The van der Waals surface area contributed by atoms with Crippen LogP contribution >= 0.6 is 11.6 Å². The van der Waals surface area contributed by atoms with E-state index in [0.29, 0.717) is 5.95 Å². The van der Waals surface area contributed by atoms with E-state index in [1.165, 1.54) is 6.20 Å². The Morgan fingerprint density at radius 1 is 1.17 bits per heavy atom. The minimum Gasteiger partial charge on any atom is -0.367 e. The summed E-state index contributed by atoms with van der Waals surface area (Å²) in [5.41, 5.74) is 1.57. The summed E-state index contributed by atoms with van der Waals surface area (Å²) in [7, 11) is 2.13. The molecule has 11 heteroatoms. The Morgan fingerprint density at radius 2 is 1.83 bits per heavy atom. The maximum absolute atomic E-state index is 11.7. The molecule has 0 bridgehead atoms. The summed E-state index contributed by atoms with van der Waals surface area (Å²) in [6, 6.07) is 7.97. The molecule has 1 unspecified atom stereocenters. The molecule has 10 nitrogen and oxygen atoms in total. The first-order valence-electron chi connectivity index (χ1n) is 12.0. The molecule has 0 amide bonds. The number of hydrogen-bond acceptors (Lipinski definition) is 9. The number of piperidine rings is 1. The first-order chi connectivity index (χ1) is 16.4. The number of hydrogen-bond donors (Lipinski definition) is 3. The fourth-order valence-corrected chi connectivity index (χ4v) is 5.44. The Labute approximate surface area is 211 Å². The van der Waals surface area contributed by atoms with E-state index in [9.17, 15) is 10.1 Å². The highest BCUT2D eigenvalue weighted by Crippen LogP contribution is 2.38. The van der Waals surface area contributed by atoms with Gasteiger partial charge in [-0.05, 0) is 71.8 Å². The molecule has 1 aromatic carbocycles. The Morgan fingerprint density at radius 3 is 2.43 bits per heavy atom. The second-order valence-corrected chi connectivity index (χ2v) is 11.2. The predicted octanol–water partition coefficient (Wildman–Crippen LogP) is 4.17. The Balaban J connectivity index is 1.51. The monoisotopic (exact) mass is 502 g/mol. The lowest BCUT2D eigenvalue weighted by Gasteiger charge is -2.53. The van der Waals surface area contributed by atoms with Gasteiger partial charge in [-0.15, -0.1) is 11.6 Å². The molecule has 2 aliphatic rings. The highest BCUT2D eigenvalue weighted by atomic mass is 35.5. The van der Waals surface area contributed by atoms with Crippen molar-refractivity contribution in [3.8, 4) is 0 Å². The van der Waals surface area contributed by atoms with Gasteiger partial charge in [0.25, 0.3) is 0 Å². The van der Waals surface area contributed by atoms with Crippen LogP contribution < -0.4 is 20.9 Å². The summed E-state index contributed by atoms with van der Waals surface area (Å²) < 4.78 is 0. The van der Waals surface area contributed by atoms with Crippen molar-refractivity contribution in [1.29, 1.82) is 0 Å². The molecule has 190 valence electrons. The van der Waals surface area contributed by atoms with Gasteiger partial charge in [-0.2, -0.15) is 4.98 Å². The van der Waals surface area contributed by atoms with Gasteiger partial charge in [-0.25, -0.2) is 4.98 Å². The fourth-order valence-electron chi connectivity index (χ4n) is 5.17. The summed E-state index contributed by atoms with van der Waals surface area (Å²) in [6.07, 6.45) is 2.94. The van der Waals surface area contributed by atoms with E-state index in [1.807, 2.05) is 24.3 Å². The van der Waals surface area contributed by atoms with Gasteiger partial charge in [0.15, 0.2) is 0 Å². The van der Waals surface area contributed by atoms with Gasteiger partial charge >= 0.3 is 5.69 Å². The second-order valence-electron chi connectivity index (χ2n) is 10.7. The van der Waals surface area contributed by atoms with Gasteiger partial charge in [0.1, 0.15) is 11.7 Å². The number of nitrogens with one attached hydrogen (secondary N) is 3. The number of nitrogens with zero attached hydrogens (tertiary/aromatic N) is 5. The van der Waals surface area contributed by atoms with E-state index in [1.54, 1.807) is 0 Å². The number of likely N-dealkylation sites (tertiary alicyclic amines) is 1. The van der Waals surface area contributed by atoms with Crippen LogP contribution in [0.4, 0.5) is 28.8 Å². The van der Waals surface area contributed by atoms with Crippen LogP contribution in [0.15, 0.2) is 30.5 Å². The van der Waals surface area contributed by atoms with Crippen molar-refractivity contribution in [2.24, 2.45) is 0 Å². The fraction of sp³-hybridized carbons (Fsp3) is 0.583. The van der Waals surface area contributed by atoms with E-state index in [4.69, 9.17) is 11.6 Å². The van der Waals surface area contributed by atoms with Crippen LogP contribution in [0.5, 0.6) is 0 Å². The van der Waals surface area contributed by atoms with E-state index in [2.05, 4.69) is 70.5 Å². The van der Waals surface area contributed by atoms with E-state index in [-0.39, 0.29) is 34.1 Å². The third-order valence-electron chi connectivity index (χ3n) is 7.23. The molecule has 0 saturated carbocycles. The third-order valence-corrected chi connectivity index (χ3v) is 7.52. The number of rotatable bonds is 6. The summed E-state index contributed by atoms with van der Waals surface area (Å²) in [4.78, 5) is 24.5. The highest BCUT2D eigenvalue weighted by Gasteiger charge is 2.43. The van der Waals surface area contributed by atoms with Crippen molar-refractivity contribution in [1.82, 2.24) is 20.2 Å². The summed E-state index contributed by atoms with van der Waals surface area (Å²) in [5.74, 6) is 0.541. The Bertz CT molecular complexity index is 1040. The molecule has 3 N–H and O–H groups in total. The minimum atomic E-state index is -0.441. The number of benzene rings is 1. The zero-order chi connectivity index (χ0) is 25.4. The molecule has 4 rings (SSSR count). The van der Waals surface area contributed by atoms with E-state index < -0.39 is 4.92 Å². The van der Waals surface area contributed by atoms with Crippen molar-refractivity contribution in [2.45, 2.75) is 63.2 Å². The summed E-state index contributed by atoms with van der Waals surface area (Å²) in [6.45, 7) is 11.2. The van der Waals surface area contributed by atoms with Crippen molar-refractivity contribution in [3.63, 3.8) is 0 Å². The maximum atomic E-state index is 11.7. The quantitative estimate of drug-likeness (QED) is 0.232. The van der Waals surface area contributed by atoms with Crippen molar-refractivity contribution in [3.05, 3.63) is 40.6 Å². The molecule has 0 aliphatic carbocycles. The number of halogens is 1. The predicted molar refractivity (Wildman–Crippen MR) is 141 cm³/mol. The van der Waals surface area contributed by atoms with Crippen molar-refractivity contribution < 1.29 is 4.92 Å². The average Bonchev–Trinajstić information content (AvgIpc) is 2.77. The topological polar surface area (TPSA) is 111 Å². The zero-order valence-electron chi connectivity index (χ0n) is 21.0. The number of alkyl halides is 1. The largest absolute Gasteiger partial charge is 0.367 e. The molecule has 3 heterocycles. The van der Waals surface area contributed by atoms with Crippen molar-refractivity contribution in [2.75, 3.05) is 42.2 Å². The number of anilines is 4. The lowest BCUT2D eigenvalue weighted by Crippen LogP contribution is -2.61. The van der Waals surface area contributed by atoms with Gasteiger partial charge in [0.05, 0.1) is 4.92 Å². The van der Waals surface area contributed by atoms with Crippen molar-refractivity contribution >= 4 is 40.4 Å². The molecule has 2 aliphatic heterocycles. The van der Waals surface area contributed by atoms with Crippen LogP contribution in [0.1, 0.15) is 40.5 Å². The van der Waals surface area contributed by atoms with Crippen LogP contribution in [0.25, 0.3) is 0 Å². The lowest BCUT2D eigenvalue weighted by atomic mass is 9.77. The third kappa shape index (κ3) is 5.76. The van der Waals surface area contributed by atoms with Gasteiger partial charge in [-0.1, -0.05) is 0 Å². The van der Waals surface area contributed by atoms with Crippen LogP contribution in [0.2, 0.25) is 0 Å². The minimum absolute atomic E-state index is 0.0433. The molecule has 0 radical (unpaired) electrons. The van der Waals surface area contributed by atoms with Crippen LogP contribution in [0, 0.1) is 10.1 Å². The number of aromatic nitrogens is 2. The van der Waals surface area contributed by atoms with Gasteiger partial charge in [-0.3, -0.25) is 20.3 Å². The molecule has 35 heavy (non-hydrogen) atoms. The normalized spacial score (nSPS) is 22.6. The average molecular weight is 503 g/mol. The molecule has 2 fully saturated rings. The van der Waals surface area contributed by atoms with Crippen LogP contribution in [0.3, 0.4) is 0 Å². The molecule has 1 aromatic heterocycles. The zero-order valence-corrected chi connectivity index (χ0v) is 21.8. The number of nitro groups is 1. The first kappa shape index (κ1) is 25.4. The molecular formula is C24H35ClN8O2. The van der Waals surface area contributed by atoms with Crippen LogP contribution in [-0.2, 0) is 0 Å². The molecule has 2 saturated heterocycles. The second kappa shape index (κ2) is 9.75. The molecule has 1 atom stereocenters. The summed E-state index contributed by atoms with van der Waals surface area (Å²) in [5, 5.41) is 21.4. The Kier molecular flexibility index (Phi) is 7.08. The van der Waals surface area contributed by atoms with Gasteiger partial charge < -0.3 is 15.5 Å². The van der Waals surface area contributed by atoms with E-state index in [0.717, 1.165) is 43.9 Å². The maximum Gasteiger partial charge on any atom is 0.329 e. The van der Waals surface area contributed by atoms with Gasteiger partial charge in [0.2, 0.25) is 11.8 Å². The first-order valence-corrected chi connectivity index (χ1v) is 12.4. The smallest absolute Gasteiger partial charge is 0.329 e. The lowest BCUT2D eigenvalue weighted by molar-refractivity contribution is -0.384. The standard InChI is InChI=1S/C24H35ClN8O2/c1-23(2)12-17(13-24(3,4)31(23)5)28-21-19(33(34)35)14-27-22(30-21)29-16-6-8-18(9-7-16)32-11-10-26-20(25)15-32/h6-9,14,17,20,26H,10-13,15H2,1-5H3,(H2,27,28,29,30). The SMILES string of the molecule is CN1C(C)(C)CC(Nc2nc(Nc3ccc(N4CCNC(Cl)C4)cc3)ncc2[N+](=O)[O-])CC1(C)C. The molecule has 2 aromatic rings. The van der Waals surface area contributed by atoms with Gasteiger partial charge in [0, 0.05) is 48.1 Å². The van der Waals surface area contributed by atoms with Crippen LogP contribution in [-0.4, -0.2) is 69.1 Å². The molecule has 0 spiro atoms.